The van der Waals surface area contributed by atoms with Crippen LogP contribution in [0.4, 0.5) is 10.2 Å². The highest BCUT2D eigenvalue weighted by atomic mass is 19.1. The van der Waals surface area contributed by atoms with Crippen molar-refractivity contribution in [3.8, 4) is 11.5 Å². The summed E-state index contributed by atoms with van der Waals surface area (Å²) in [5.41, 5.74) is 0.734. The first-order valence-corrected chi connectivity index (χ1v) is 8.24. The topological polar surface area (TPSA) is 107 Å². The molecule has 0 aliphatic carbocycles. The van der Waals surface area contributed by atoms with Gasteiger partial charge in [0, 0.05) is 0 Å². The van der Waals surface area contributed by atoms with Gasteiger partial charge in [-0.25, -0.2) is 19.3 Å². The summed E-state index contributed by atoms with van der Waals surface area (Å²) in [5.74, 6) is 0.688. The van der Waals surface area contributed by atoms with E-state index >= 15 is 0 Å². The number of carbonyl (C=O) groups is 1. The quantitative estimate of drug-likeness (QED) is 0.581. The number of ether oxygens (including phenoxy) is 1. The molecule has 4 rings (SSSR count). The van der Waals surface area contributed by atoms with Crippen LogP contribution in [0.15, 0.2) is 43.1 Å². The molecule has 0 bridgehead atoms. The van der Waals surface area contributed by atoms with Gasteiger partial charge in [-0.15, -0.1) is 10.2 Å². The van der Waals surface area contributed by atoms with Crippen molar-refractivity contribution in [2.75, 3.05) is 5.32 Å². The van der Waals surface area contributed by atoms with Crippen molar-refractivity contribution in [1.82, 2.24) is 29.5 Å². The average molecular weight is 379 g/mol. The molecule has 4 aromatic heterocycles. The van der Waals surface area contributed by atoms with Crippen LogP contribution in [0.1, 0.15) is 21.9 Å². The Kier molecular flexibility index (Phi) is 4.36. The van der Waals surface area contributed by atoms with Crippen LogP contribution < -0.4 is 10.1 Å². The molecular formula is C18H14FN7O2. The van der Waals surface area contributed by atoms with E-state index in [-0.39, 0.29) is 17.1 Å². The van der Waals surface area contributed by atoms with Gasteiger partial charge in [-0.3, -0.25) is 9.20 Å². The van der Waals surface area contributed by atoms with Crippen LogP contribution in [0.3, 0.4) is 0 Å². The lowest BCUT2D eigenvalue weighted by atomic mass is 10.2. The first-order chi connectivity index (χ1) is 13.5. The molecule has 9 nitrogen and oxygen atoms in total. The van der Waals surface area contributed by atoms with Gasteiger partial charge in [-0.2, -0.15) is 0 Å². The first-order valence-electron chi connectivity index (χ1n) is 8.24. The van der Waals surface area contributed by atoms with Crippen LogP contribution in [0.25, 0.3) is 5.65 Å². The Morgan fingerprint density at radius 3 is 2.71 bits per heavy atom. The molecule has 0 unspecified atom stereocenters. The maximum atomic E-state index is 13.4. The third-order valence-electron chi connectivity index (χ3n) is 3.87. The van der Waals surface area contributed by atoms with E-state index in [1.807, 2.05) is 0 Å². The summed E-state index contributed by atoms with van der Waals surface area (Å²) in [4.78, 5) is 24.9. The molecule has 0 radical (unpaired) electrons. The normalized spacial score (nSPS) is 10.8. The molecule has 1 amide bonds. The second kappa shape index (κ2) is 6.99. The van der Waals surface area contributed by atoms with Crippen molar-refractivity contribution in [3.05, 3.63) is 66.0 Å². The highest BCUT2D eigenvalue weighted by Gasteiger charge is 2.16. The number of anilines is 1. The summed E-state index contributed by atoms with van der Waals surface area (Å²) in [7, 11) is 0. The predicted octanol–water partition coefficient (Wildman–Crippen LogP) is 2.71. The lowest BCUT2D eigenvalue weighted by Crippen LogP contribution is -2.15. The standard InChI is InChI=1S/C18H14FN7O2/c1-10-15(19)3-4-16(23-10)24-18(27)14-5-12(8-26-9-22-25-17(14)26)28-13-6-20-11(2)21-7-13/h3-9H,1-2H3,(H,23,24,27). The van der Waals surface area contributed by atoms with Crippen LogP contribution in [-0.4, -0.2) is 35.5 Å². The van der Waals surface area contributed by atoms with E-state index in [0.717, 1.165) is 0 Å². The van der Waals surface area contributed by atoms with E-state index < -0.39 is 11.7 Å². The summed E-state index contributed by atoms with van der Waals surface area (Å²) in [6.45, 7) is 3.28. The Morgan fingerprint density at radius 2 is 1.96 bits per heavy atom. The molecule has 0 spiro atoms. The van der Waals surface area contributed by atoms with E-state index in [1.165, 1.54) is 43.8 Å². The Morgan fingerprint density at radius 1 is 1.18 bits per heavy atom. The second-order valence-corrected chi connectivity index (χ2v) is 5.94. The van der Waals surface area contributed by atoms with Crippen molar-refractivity contribution >= 4 is 17.4 Å². The third-order valence-corrected chi connectivity index (χ3v) is 3.87. The number of hydrogen-bond acceptors (Lipinski definition) is 7. The first kappa shape index (κ1) is 17.5. The SMILES string of the molecule is Cc1ncc(Oc2cc(C(=O)Nc3ccc(F)c(C)n3)c3nncn3c2)cn1. The fraction of sp³-hybridized carbons (Fsp3) is 0.111. The van der Waals surface area contributed by atoms with E-state index in [0.29, 0.717) is 23.0 Å². The Balaban J connectivity index is 1.67. The van der Waals surface area contributed by atoms with E-state index in [2.05, 4.69) is 30.5 Å². The lowest BCUT2D eigenvalue weighted by Gasteiger charge is -2.10. The van der Waals surface area contributed by atoms with Crippen molar-refractivity contribution in [2.24, 2.45) is 0 Å². The number of halogens is 1. The van der Waals surface area contributed by atoms with Crippen LogP contribution in [-0.2, 0) is 0 Å². The second-order valence-electron chi connectivity index (χ2n) is 5.94. The molecule has 10 heteroatoms. The van der Waals surface area contributed by atoms with Gasteiger partial charge in [-0.05, 0) is 32.0 Å². The van der Waals surface area contributed by atoms with Gasteiger partial charge in [-0.1, -0.05) is 0 Å². The average Bonchev–Trinajstić information content (AvgIpc) is 3.14. The predicted molar refractivity (Wildman–Crippen MR) is 96.7 cm³/mol. The maximum Gasteiger partial charge on any atom is 0.260 e. The number of hydrogen-bond donors (Lipinski definition) is 1. The third kappa shape index (κ3) is 3.47. The zero-order chi connectivity index (χ0) is 19.7. The largest absolute Gasteiger partial charge is 0.453 e. The summed E-state index contributed by atoms with van der Waals surface area (Å²) in [6.07, 6.45) is 6.14. The number of nitrogens with zero attached hydrogens (tertiary/aromatic N) is 6. The minimum Gasteiger partial charge on any atom is -0.453 e. The number of aryl methyl sites for hydroxylation is 2. The van der Waals surface area contributed by atoms with Gasteiger partial charge >= 0.3 is 0 Å². The molecule has 0 aromatic carbocycles. The minimum absolute atomic E-state index is 0.182. The molecule has 0 saturated heterocycles. The van der Waals surface area contributed by atoms with Gasteiger partial charge in [0.15, 0.2) is 11.4 Å². The molecule has 0 aliphatic rings. The molecule has 4 heterocycles. The van der Waals surface area contributed by atoms with Crippen molar-refractivity contribution in [2.45, 2.75) is 13.8 Å². The molecule has 28 heavy (non-hydrogen) atoms. The Labute approximate surface area is 158 Å². The molecule has 0 atom stereocenters. The number of rotatable bonds is 4. The number of carbonyl (C=O) groups excluding carboxylic acids is 1. The number of aromatic nitrogens is 6. The van der Waals surface area contributed by atoms with Gasteiger partial charge in [0.05, 0.1) is 29.8 Å². The molecular weight excluding hydrogens is 365 g/mol. The maximum absolute atomic E-state index is 13.4. The van der Waals surface area contributed by atoms with Crippen LogP contribution in [0, 0.1) is 19.7 Å². The molecule has 0 aliphatic heterocycles. The lowest BCUT2D eigenvalue weighted by molar-refractivity contribution is 0.102. The summed E-state index contributed by atoms with van der Waals surface area (Å²) >= 11 is 0. The van der Waals surface area contributed by atoms with Crippen LogP contribution in [0.5, 0.6) is 11.5 Å². The van der Waals surface area contributed by atoms with Crippen molar-refractivity contribution < 1.29 is 13.9 Å². The van der Waals surface area contributed by atoms with Crippen LogP contribution in [0.2, 0.25) is 0 Å². The smallest absolute Gasteiger partial charge is 0.260 e. The summed E-state index contributed by atoms with van der Waals surface area (Å²) in [6, 6.07) is 4.14. The molecule has 4 aromatic rings. The van der Waals surface area contributed by atoms with Gasteiger partial charge in [0.2, 0.25) is 0 Å². The van der Waals surface area contributed by atoms with Gasteiger partial charge in [0.25, 0.3) is 5.91 Å². The van der Waals surface area contributed by atoms with E-state index in [4.69, 9.17) is 4.74 Å². The fourth-order valence-electron chi connectivity index (χ4n) is 2.50. The van der Waals surface area contributed by atoms with Crippen molar-refractivity contribution in [3.63, 3.8) is 0 Å². The highest BCUT2D eigenvalue weighted by Crippen LogP contribution is 2.24. The molecule has 140 valence electrons. The number of pyridine rings is 2. The fourth-order valence-corrected chi connectivity index (χ4v) is 2.50. The minimum atomic E-state index is -0.484. The molecule has 1 N–H and O–H groups in total. The van der Waals surface area contributed by atoms with Gasteiger partial charge in [0.1, 0.15) is 29.5 Å². The summed E-state index contributed by atoms with van der Waals surface area (Å²) < 4.78 is 20.7. The summed E-state index contributed by atoms with van der Waals surface area (Å²) in [5, 5.41) is 10.4. The monoisotopic (exact) mass is 379 g/mol. The molecule has 0 saturated carbocycles. The zero-order valence-corrected chi connectivity index (χ0v) is 14.9. The zero-order valence-electron chi connectivity index (χ0n) is 14.9. The Bertz CT molecular complexity index is 1170. The number of nitrogens with one attached hydrogen (secondary N) is 1. The Hall–Kier alpha value is -3.95. The number of fused-ring (bicyclic) bond motifs is 1. The van der Waals surface area contributed by atoms with E-state index in [1.54, 1.807) is 17.5 Å². The number of amides is 1. The van der Waals surface area contributed by atoms with Crippen molar-refractivity contribution in [1.29, 1.82) is 0 Å². The molecule has 0 fully saturated rings. The van der Waals surface area contributed by atoms with Gasteiger partial charge < -0.3 is 10.1 Å². The van der Waals surface area contributed by atoms with Crippen LogP contribution >= 0.6 is 0 Å². The van der Waals surface area contributed by atoms with E-state index in [9.17, 15) is 9.18 Å². The highest BCUT2D eigenvalue weighted by molar-refractivity contribution is 6.08.